The Hall–Kier alpha value is -1.01. The zero-order valence-electron chi connectivity index (χ0n) is 11.1. The summed E-state index contributed by atoms with van der Waals surface area (Å²) in [6.45, 7) is 1.64. The van der Waals surface area contributed by atoms with Gasteiger partial charge in [-0.25, -0.2) is 0 Å². The van der Waals surface area contributed by atoms with Gasteiger partial charge in [-0.2, -0.15) is 0 Å². The Balaban J connectivity index is 2.48. The molecule has 1 rings (SSSR count). The third-order valence-electron chi connectivity index (χ3n) is 2.54. The molecule has 0 amide bonds. The average Bonchev–Trinajstić information content (AvgIpc) is 2.38. The summed E-state index contributed by atoms with van der Waals surface area (Å²) >= 11 is 12.0. The molecule has 0 fully saturated rings. The second kappa shape index (κ2) is 9.02. The second-order valence-corrected chi connectivity index (χ2v) is 4.88. The Labute approximate surface area is 128 Å². The van der Waals surface area contributed by atoms with Crippen molar-refractivity contribution in [2.45, 2.75) is 0 Å². The molecule has 1 aromatic carbocycles. The van der Waals surface area contributed by atoms with E-state index in [4.69, 9.17) is 37.8 Å². The number of carboxylic acid groups (broad SMARTS) is 1. The quantitative estimate of drug-likeness (QED) is 0.756. The molecule has 0 aliphatic carbocycles. The highest BCUT2D eigenvalue weighted by Crippen LogP contribution is 2.32. The first-order chi connectivity index (χ1) is 9.54. The number of carboxylic acids is 1. The van der Waals surface area contributed by atoms with Gasteiger partial charge in [0.25, 0.3) is 0 Å². The minimum absolute atomic E-state index is 0.0665. The van der Waals surface area contributed by atoms with E-state index in [-0.39, 0.29) is 6.54 Å². The molecule has 0 aliphatic heterocycles. The van der Waals surface area contributed by atoms with Crippen LogP contribution in [0.1, 0.15) is 0 Å². The lowest BCUT2D eigenvalue weighted by atomic mass is 10.3. The van der Waals surface area contributed by atoms with Crippen molar-refractivity contribution in [3.8, 4) is 5.75 Å². The molecule has 0 bridgehead atoms. The fourth-order valence-corrected chi connectivity index (χ4v) is 2.09. The summed E-state index contributed by atoms with van der Waals surface area (Å²) in [5, 5.41) is 9.68. The average molecular weight is 322 g/mol. The van der Waals surface area contributed by atoms with Crippen LogP contribution < -0.4 is 4.74 Å². The number of ether oxygens (including phenoxy) is 2. The van der Waals surface area contributed by atoms with Crippen molar-refractivity contribution in [1.29, 1.82) is 0 Å². The first-order valence-electron chi connectivity index (χ1n) is 6.04. The highest BCUT2D eigenvalue weighted by molar-refractivity contribution is 6.37. The first-order valence-corrected chi connectivity index (χ1v) is 6.80. The predicted molar refractivity (Wildman–Crippen MR) is 77.9 cm³/mol. The van der Waals surface area contributed by atoms with Gasteiger partial charge in [0.15, 0.2) is 5.75 Å². The molecule has 0 heterocycles. The molecule has 0 radical (unpaired) electrons. The molecule has 0 saturated carbocycles. The van der Waals surface area contributed by atoms with Gasteiger partial charge in [0.1, 0.15) is 6.61 Å². The van der Waals surface area contributed by atoms with Gasteiger partial charge < -0.3 is 14.6 Å². The molecule has 1 N–H and O–H groups in total. The highest BCUT2D eigenvalue weighted by atomic mass is 35.5. The van der Waals surface area contributed by atoms with E-state index in [9.17, 15) is 4.79 Å². The van der Waals surface area contributed by atoms with E-state index in [1.54, 1.807) is 30.2 Å². The summed E-state index contributed by atoms with van der Waals surface area (Å²) < 4.78 is 10.5. The molecule has 7 heteroatoms. The minimum Gasteiger partial charge on any atom is -0.489 e. The van der Waals surface area contributed by atoms with Crippen molar-refractivity contribution in [3.05, 3.63) is 28.2 Å². The fraction of sp³-hybridized carbons (Fsp3) is 0.462. The van der Waals surface area contributed by atoms with Crippen LogP contribution in [0.25, 0.3) is 0 Å². The zero-order valence-corrected chi connectivity index (χ0v) is 12.7. The highest BCUT2D eigenvalue weighted by Gasteiger charge is 2.11. The Morgan fingerprint density at radius 2 is 1.85 bits per heavy atom. The molecule has 0 saturated heterocycles. The number of rotatable bonds is 9. The Bertz CT molecular complexity index is 422. The summed E-state index contributed by atoms with van der Waals surface area (Å²) in [5.74, 6) is -0.477. The summed E-state index contributed by atoms with van der Waals surface area (Å²) in [5.41, 5.74) is 0. The maximum Gasteiger partial charge on any atom is 0.317 e. The van der Waals surface area contributed by atoms with Gasteiger partial charge in [-0.3, -0.25) is 9.69 Å². The van der Waals surface area contributed by atoms with Gasteiger partial charge >= 0.3 is 5.97 Å². The Kier molecular flexibility index (Phi) is 7.69. The van der Waals surface area contributed by atoms with E-state index in [1.165, 1.54) is 0 Å². The van der Waals surface area contributed by atoms with Crippen LogP contribution in [-0.2, 0) is 9.53 Å². The van der Waals surface area contributed by atoms with Crippen LogP contribution in [-0.4, -0.2) is 55.9 Å². The Morgan fingerprint density at radius 3 is 2.40 bits per heavy atom. The number of aliphatic carboxylic acids is 1. The number of benzene rings is 1. The summed E-state index contributed by atoms with van der Waals surface area (Å²) in [6, 6.07) is 5.10. The zero-order chi connectivity index (χ0) is 15.0. The number of methoxy groups -OCH3 is 1. The number of hydrogen-bond acceptors (Lipinski definition) is 4. The van der Waals surface area contributed by atoms with Gasteiger partial charge in [-0.1, -0.05) is 29.3 Å². The van der Waals surface area contributed by atoms with Gasteiger partial charge in [0.05, 0.1) is 23.2 Å². The van der Waals surface area contributed by atoms with Crippen molar-refractivity contribution in [1.82, 2.24) is 4.90 Å². The molecular weight excluding hydrogens is 305 g/mol. The summed E-state index contributed by atoms with van der Waals surface area (Å²) in [7, 11) is 1.57. The maximum absolute atomic E-state index is 10.7. The van der Waals surface area contributed by atoms with Crippen LogP contribution in [0, 0.1) is 0 Å². The minimum atomic E-state index is -0.892. The topological polar surface area (TPSA) is 59.0 Å². The molecule has 5 nitrogen and oxygen atoms in total. The van der Waals surface area contributed by atoms with Crippen molar-refractivity contribution in [2.24, 2.45) is 0 Å². The normalized spacial score (nSPS) is 10.8. The third-order valence-corrected chi connectivity index (χ3v) is 3.14. The standard InChI is InChI=1S/C13H17Cl2NO4/c1-19-7-5-16(9-12(17)18)6-8-20-13-10(14)3-2-4-11(13)15/h2-4H,5-9H2,1H3,(H,17,18). The molecule has 112 valence electrons. The monoisotopic (exact) mass is 321 g/mol. The SMILES string of the molecule is COCCN(CCOc1c(Cl)cccc1Cl)CC(=O)O. The molecule has 0 aliphatic rings. The van der Waals surface area contributed by atoms with Gasteiger partial charge in [-0.15, -0.1) is 0 Å². The van der Waals surface area contributed by atoms with Crippen molar-refractivity contribution >= 4 is 29.2 Å². The van der Waals surface area contributed by atoms with E-state index in [0.29, 0.717) is 42.1 Å². The van der Waals surface area contributed by atoms with Crippen molar-refractivity contribution in [2.75, 3.05) is 40.0 Å². The van der Waals surface area contributed by atoms with Gasteiger partial charge in [0, 0.05) is 20.2 Å². The predicted octanol–water partition coefficient (Wildman–Crippen LogP) is 2.41. The van der Waals surface area contributed by atoms with E-state index in [1.807, 2.05) is 0 Å². The number of carbonyl (C=O) groups is 1. The molecule has 1 aromatic rings. The van der Waals surface area contributed by atoms with Gasteiger partial charge in [0.2, 0.25) is 0 Å². The lowest BCUT2D eigenvalue weighted by Crippen LogP contribution is -2.35. The number of para-hydroxylation sites is 1. The van der Waals surface area contributed by atoms with Crippen LogP contribution >= 0.6 is 23.2 Å². The molecule has 0 atom stereocenters. The number of hydrogen-bond donors (Lipinski definition) is 1. The van der Waals surface area contributed by atoms with E-state index in [2.05, 4.69) is 0 Å². The van der Waals surface area contributed by atoms with Crippen LogP contribution in [0.5, 0.6) is 5.75 Å². The lowest BCUT2D eigenvalue weighted by molar-refractivity contribution is -0.138. The van der Waals surface area contributed by atoms with Crippen LogP contribution in [0.15, 0.2) is 18.2 Å². The van der Waals surface area contributed by atoms with Crippen LogP contribution in [0.3, 0.4) is 0 Å². The van der Waals surface area contributed by atoms with Crippen LogP contribution in [0.2, 0.25) is 10.0 Å². The second-order valence-electron chi connectivity index (χ2n) is 4.06. The smallest absolute Gasteiger partial charge is 0.317 e. The fourth-order valence-electron chi connectivity index (χ4n) is 1.58. The van der Waals surface area contributed by atoms with E-state index >= 15 is 0 Å². The number of halogens is 2. The molecule has 20 heavy (non-hydrogen) atoms. The Morgan fingerprint density at radius 1 is 1.25 bits per heavy atom. The van der Waals surface area contributed by atoms with Gasteiger partial charge in [-0.05, 0) is 12.1 Å². The lowest BCUT2D eigenvalue weighted by Gasteiger charge is -2.20. The molecular formula is C13H17Cl2NO4. The largest absolute Gasteiger partial charge is 0.489 e. The van der Waals surface area contributed by atoms with Crippen LogP contribution in [0.4, 0.5) is 0 Å². The maximum atomic E-state index is 10.7. The first kappa shape index (κ1) is 17.0. The van der Waals surface area contributed by atoms with E-state index < -0.39 is 5.97 Å². The molecule has 0 aromatic heterocycles. The number of nitrogens with zero attached hydrogens (tertiary/aromatic N) is 1. The molecule has 0 spiro atoms. The van der Waals surface area contributed by atoms with Crippen molar-refractivity contribution in [3.63, 3.8) is 0 Å². The molecule has 0 unspecified atom stereocenters. The summed E-state index contributed by atoms with van der Waals surface area (Å²) in [6.07, 6.45) is 0. The van der Waals surface area contributed by atoms with E-state index in [0.717, 1.165) is 0 Å². The summed E-state index contributed by atoms with van der Waals surface area (Å²) in [4.78, 5) is 12.5. The third kappa shape index (κ3) is 5.96. The van der Waals surface area contributed by atoms with Crippen molar-refractivity contribution < 1.29 is 19.4 Å².